The van der Waals surface area contributed by atoms with E-state index < -0.39 is 0 Å². The molecule has 5 nitrogen and oxygen atoms in total. The van der Waals surface area contributed by atoms with Gasteiger partial charge in [0.15, 0.2) is 11.5 Å². The Morgan fingerprint density at radius 3 is 2.71 bits per heavy atom. The molecule has 2 aromatic rings. The molecule has 0 aliphatic carbocycles. The first-order valence-corrected chi connectivity index (χ1v) is 6.83. The average Bonchev–Trinajstić information content (AvgIpc) is 2.54. The third-order valence-electron chi connectivity index (χ3n) is 2.74. The first kappa shape index (κ1) is 14.8. The van der Waals surface area contributed by atoms with E-state index in [9.17, 15) is 0 Å². The van der Waals surface area contributed by atoms with Crippen molar-refractivity contribution < 1.29 is 9.47 Å². The van der Waals surface area contributed by atoms with E-state index in [0.717, 1.165) is 23.4 Å². The number of pyridine rings is 1. The molecule has 0 saturated carbocycles. The van der Waals surface area contributed by atoms with Crippen LogP contribution in [-0.2, 0) is 0 Å². The number of hydrogen-bond donors (Lipinski definition) is 1. The molecule has 1 heterocycles. The Balaban J connectivity index is 2.03. The number of anilines is 1. The predicted molar refractivity (Wildman–Crippen MR) is 84.2 cm³/mol. The van der Waals surface area contributed by atoms with E-state index in [-0.39, 0.29) is 0 Å². The fourth-order valence-corrected chi connectivity index (χ4v) is 1.70. The fraction of sp³-hybridized carbons (Fsp3) is 0.250. The summed E-state index contributed by atoms with van der Waals surface area (Å²) in [5.41, 5.74) is 4.75. The Kier molecular flexibility index (Phi) is 5.58. The Morgan fingerprint density at radius 2 is 2.00 bits per heavy atom. The fourth-order valence-electron chi connectivity index (χ4n) is 1.70. The minimum Gasteiger partial charge on any atom is -0.493 e. The summed E-state index contributed by atoms with van der Waals surface area (Å²) < 4.78 is 10.9. The van der Waals surface area contributed by atoms with E-state index in [1.165, 1.54) is 0 Å². The lowest BCUT2D eigenvalue weighted by atomic mass is 10.2. The zero-order valence-electron chi connectivity index (χ0n) is 12.2. The maximum Gasteiger partial charge on any atom is 0.161 e. The first-order chi connectivity index (χ1) is 10.3. The molecule has 0 atom stereocenters. The summed E-state index contributed by atoms with van der Waals surface area (Å²) in [6, 6.07) is 9.41. The molecule has 0 amide bonds. The number of aromatic nitrogens is 1. The number of rotatable bonds is 7. The molecule has 21 heavy (non-hydrogen) atoms. The van der Waals surface area contributed by atoms with Crippen molar-refractivity contribution >= 4 is 11.9 Å². The summed E-state index contributed by atoms with van der Waals surface area (Å²) >= 11 is 0. The second-order valence-corrected chi connectivity index (χ2v) is 4.36. The number of benzene rings is 1. The first-order valence-electron chi connectivity index (χ1n) is 6.83. The summed E-state index contributed by atoms with van der Waals surface area (Å²) in [7, 11) is 1.63. The van der Waals surface area contributed by atoms with Crippen LogP contribution in [0.2, 0.25) is 0 Å². The zero-order chi connectivity index (χ0) is 14.9. The SMILES string of the molecule is CCCOc1ccc(/C=N/Nc2ccncc2)cc1OC. The molecule has 5 heteroatoms. The third kappa shape index (κ3) is 4.49. The smallest absolute Gasteiger partial charge is 0.161 e. The number of hydrogen-bond acceptors (Lipinski definition) is 5. The monoisotopic (exact) mass is 285 g/mol. The van der Waals surface area contributed by atoms with Crippen molar-refractivity contribution in [3.8, 4) is 11.5 Å². The van der Waals surface area contributed by atoms with E-state index in [2.05, 4.69) is 22.4 Å². The maximum atomic E-state index is 5.61. The van der Waals surface area contributed by atoms with Crippen molar-refractivity contribution in [1.82, 2.24) is 4.98 Å². The zero-order valence-corrected chi connectivity index (χ0v) is 12.2. The van der Waals surface area contributed by atoms with E-state index in [1.807, 2.05) is 30.3 Å². The van der Waals surface area contributed by atoms with Crippen molar-refractivity contribution in [1.29, 1.82) is 0 Å². The Morgan fingerprint density at radius 1 is 1.19 bits per heavy atom. The van der Waals surface area contributed by atoms with Crippen molar-refractivity contribution in [3.63, 3.8) is 0 Å². The van der Waals surface area contributed by atoms with Gasteiger partial charge in [-0.25, -0.2) is 0 Å². The second kappa shape index (κ2) is 7.89. The van der Waals surface area contributed by atoms with Crippen molar-refractivity contribution in [3.05, 3.63) is 48.3 Å². The molecular weight excluding hydrogens is 266 g/mol. The summed E-state index contributed by atoms with van der Waals surface area (Å²) in [6.07, 6.45) is 6.11. The average molecular weight is 285 g/mol. The second-order valence-electron chi connectivity index (χ2n) is 4.36. The molecule has 110 valence electrons. The molecule has 0 radical (unpaired) electrons. The minimum atomic E-state index is 0.674. The van der Waals surface area contributed by atoms with Gasteiger partial charge in [-0.2, -0.15) is 5.10 Å². The third-order valence-corrected chi connectivity index (χ3v) is 2.74. The summed E-state index contributed by atoms with van der Waals surface area (Å²) in [6.45, 7) is 2.74. The van der Waals surface area contributed by atoms with Crippen molar-refractivity contribution in [2.75, 3.05) is 19.1 Å². The van der Waals surface area contributed by atoms with Gasteiger partial charge in [-0.1, -0.05) is 6.92 Å². The molecule has 0 saturated heterocycles. The largest absolute Gasteiger partial charge is 0.493 e. The Labute approximate surface area is 124 Å². The molecule has 0 bridgehead atoms. The quantitative estimate of drug-likeness (QED) is 0.626. The predicted octanol–water partition coefficient (Wildman–Crippen LogP) is 3.33. The molecule has 1 aromatic heterocycles. The molecule has 0 unspecified atom stereocenters. The van der Waals surface area contributed by atoms with Crippen LogP contribution in [0.5, 0.6) is 11.5 Å². The Hall–Kier alpha value is -2.56. The van der Waals surface area contributed by atoms with Crippen LogP contribution in [0.1, 0.15) is 18.9 Å². The highest BCUT2D eigenvalue weighted by molar-refractivity contribution is 5.81. The number of nitrogens with zero attached hydrogens (tertiary/aromatic N) is 2. The number of hydrazone groups is 1. The van der Waals surface area contributed by atoms with Crippen LogP contribution in [0.25, 0.3) is 0 Å². The van der Waals surface area contributed by atoms with Crippen LogP contribution in [0.15, 0.2) is 47.8 Å². The van der Waals surface area contributed by atoms with Gasteiger partial charge in [0.2, 0.25) is 0 Å². The molecule has 1 aromatic carbocycles. The van der Waals surface area contributed by atoms with E-state index in [1.54, 1.807) is 25.7 Å². The van der Waals surface area contributed by atoms with Gasteiger partial charge in [0.25, 0.3) is 0 Å². The lowest BCUT2D eigenvalue weighted by molar-refractivity contribution is 0.294. The number of ether oxygens (including phenoxy) is 2. The van der Waals surface area contributed by atoms with Crippen LogP contribution in [0.3, 0.4) is 0 Å². The van der Waals surface area contributed by atoms with E-state index >= 15 is 0 Å². The highest BCUT2D eigenvalue weighted by Crippen LogP contribution is 2.27. The van der Waals surface area contributed by atoms with E-state index in [4.69, 9.17) is 9.47 Å². The summed E-state index contributed by atoms with van der Waals surface area (Å²) in [5, 5.41) is 4.18. The Bertz CT molecular complexity index is 585. The number of methoxy groups -OCH3 is 1. The van der Waals surface area contributed by atoms with Crippen LogP contribution >= 0.6 is 0 Å². The molecule has 2 rings (SSSR count). The van der Waals surface area contributed by atoms with Crippen LogP contribution in [-0.4, -0.2) is 24.9 Å². The minimum absolute atomic E-state index is 0.674. The van der Waals surface area contributed by atoms with Crippen LogP contribution in [0, 0.1) is 0 Å². The maximum absolute atomic E-state index is 5.61. The lowest BCUT2D eigenvalue weighted by Crippen LogP contribution is -1.98. The van der Waals surface area contributed by atoms with Crippen LogP contribution < -0.4 is 14.9 Å². The van der Waals surface area contributed by atoms with Gasteiger partial charge in [-0.3, -0.25) is 10.4 Å². The topological polar surface area (TPSA) is 55.7 Å². The molecule has 0 aliphatic heterocycles. The highest BCUT2D eigenvalue weighted by Gasteiger charge is 2.04. The van der Waals surface area contributed by atoms with Crippen LogP contribution in [0.4, 0.5) is 5.69 Å². The van der Waals surface area contributed by atoms with Gasteiger partial charge >= 0.3 is 0 Å². The normalized spacial score (nSPS) is 10.6. The number of nitrogens with one attached hydrogen (secondary N) is 1. The molecule has 0 aliphatic rings. The lowest BCUT2D eigenvalue weighted by Gasteiger charge is -2.10. The summed E-state index contributed by atoms with van der Waals surface area (Å²) in [5.74, 6) is 1.45. The molecule has 0 fully saturated rings. The van der Waals surface area contributed by atoms with Gasteiger partial charge in [-0.15, -0.1) is 0 Å². The van der Waals surface area contributed by atoms with Gasteiger partial charge in [-0.05, 0) is 42.3 Å². The molecular formula is C16H19N3O2. The molecule has 0 spiro atoms. The van der Waals surface area contributed by atoms with Gasteiger partial charge in [0.1, 0.15) is 0 Å². The van der Waals surface area contributed by atoms with Gasteiger partial charge < -0.3 is 9.47 Å². The van der Waals surface area contributed by atoms with Crippen molar-refractivity contribution in [2.24, 2.45) is 5.10 Å². The van der Waals surface area contributed by atoms with Gasteiger partial charge in [0, 0.05) is 12.4 Å². The van der Waals surface area contributed by atoms with Gasteiger partial charge in [0.05, 0.1) is 25.6 Å². The summed E-state index contributed by atoms with van der Waals surface area (Å²) in [4.78, 5) is 3.95. The molecule has 1 N–H and O–H groups in total. The van der Waals surface area contributed by atoms with Crippen molar-refractivity contribution in [2.45, 2.75) is 13.3 Å². The highest BCUT2D eigenvalue weighted by atomic mass is 16.5. The van der Waals surface area contributed by atoms with E-state index in [0.29, 0.717) is 12.4 Å². The standard InChI is InChI=1S/C16H19N3O2/c1-3-10-21-15-5-4-13(11-16(15)20-2)12-18-19-14-6-8-17-9-7-14/h4-9,11-12H,3,10H2,1-2H3,(H,17,19)/b18-12+.